The Morgan fingerprint density at radius 3 is 2.35 bits per heavy atom. The summed E-state index contributed by atoms with van der Waals surface area (Å²) in [5.74, 6) is -1.13. The average Bonchev–Trinajstić information content (AvgIpc) is 2.49. The number of ether oxygens (including phenoxy) is 1. The molecule has 0 amide bonds. The molecule has 4 heteroatoms. The maximum Gasteiger partial charge on any atom is 0.229 e. The number of allylic oxidation sites excluding steroid dienone is 2. The minimum atomic E-state index is -0.911. The van der Waals surface area contributed by atoms with Crippen LogP contribution < -0.4 is 4.74 Å². The normalized spacial score (nSPS) is 28.4. The molecule has 1 aromatic rings. The lowest BCUT2D eigenvalue weighted by molar-refractivity contribution is -0.136. The number of benzene rings is 1. The summed E-state index contributed by atoms with van der Waals surface area (Å²) in [5.41, 5.74) is 0.378. The van der Waals surface area contributed by atoms with Crippen LogP contribution >= 0.6 is 0 Å². The predicted molar refractivity (Wildman–Crippen MR) is 85.8 cm³/mol. The summed E-state index contributed by atoms with van der Waals surface area (Å²) in [6, 6.07) is 3.55. The van der Waals surface area contributed by atoms with Crippen LogP contribution in [0, 0.1) is 18.3 Å². The smallest absolute Gasteiger partial charge is 0.229 e. The van der Waals surface area contributed by atoms with Gasteiger partial charge >= 0.3 is 0 Å². The van der Waals surface area contributed by atoms with Crippen molar-refractivity contribution in [2.45, 2.75) is 33.1 Å². The highest BCUT2D eigenvalue weighted by molar-refractivity contribution is 6.46. The Morgan fingerprint density at radius 2 is 1.74 bits per heavy atom. The Kier molecular flexibility index (Phi) is 3.15. The van der Waals surface area contributed by atoms with Crippen LogP contribution in [-0.2, 0) is 15.0 Å². The van der Waals surface area contributed by atoms with E-state index in [1.165, 1.54) is 6.08 Å². The van der Waals surface area contributed by atoms with Crippen molar-refractivity contribution < 1.29 is 19.1 Å². The Labute approximate surface area is 135 Å². The molecule has 0 saturated heterocycles. The number of rotatable bonds is 1. The van der Waals surface area contributed by atoms with E-state index >= 15 is 0 Å². The van der Waals surface area contributed by atoms with Gasteiger partial charge in [0.2, 0.25) is 11.6 Å². The van der Waals surface area contributed by atoms with E-state index in [4.69, 9.17) is 4.74 Å². The Morgan fingerprint density at radius 1 is 1.09 bits per heavy atom. The van der Waals surface area contributed by atoms with Gasteiger partial charge in [0.25, 0.3) is 0 Å². The molecule has 0 heterocycles. The number of carbonyl (C=O) groups excluding carboxylic acids is 3. The number of Topliss-reactive ketones (excluding diaryl/α,β-unsaturated/α-hetero) is 2. The maximum atomic E-state index is 12.8. The fraction of sp³-hybridized carbons (Fsp3) is 0.421. The van der Waals surface area contributed by atoms with Gasteiger partial charge in [0, 0.05) is 16.4 Å². The highest BCUT2D eigenvalue weighted by Crippen LogP contribution is 2.52. The van der Waals surface area contributed by atoms with Gasteiger partial charge < -0.3 is 4.74 Å². The monoisotopic (exact) mass is 312 g/mol. The molecule has 1 aromatic carbocycles. The van der Waals surface area contributed by atoms with E-state index < -0.39 is 28.3 Å². The molecule has 0 aromatic heterocycles. The first-order chi connectivity index (χ1) is 10.6. The molecule has 2 atom stereocenters. The van der Waals surface area contributed by atoms with E-state index in [-0.39, 0.29) is 5.78 Å². The van der Waals surface area contributed by atoms with Crippen LogP contribution in [-0.4, -0.2) is 24.5 Å². The van der Waals surface area contributed by atoms with Crippen LogP contribution in [0.3, 0.4) is 0 Å². The number of ketones is 3. The lowest BCUT2D eigenvalue weighted by Crippen LogP contribution is -2.56. The SMILES string of the molecule is COc1cc2c(cc1C)C(=O)C(=O)C1C(C)(C)C(=O)C=CC21C. The Hall–Kier alpha value is -2.23. The minimum absolute atomic E-state index is 0.122. The molecule has 120 valence electrons. The van der Waals surface area contributed by atoms with Gasteiger partial charge in [-0.2, -0.15) is 0 Å². The van der Waals surface area contributed by atoms with Crippen molar-refractivity contribution >= 4 is 17.3 Å². The fourth-order valence-electron chi connectivity index (χ4n) is 4.10. The van der Waals surface area contributed by atoms with Crippen molar-refractivity contribution in [2.24, 2.45) is 11.3 Å². The highest BCUT2D eigenvalue weighted by Gasteiger charge is 2.58. The van der Waals surface area contributed by atoms with Crippen molar-refractivity contribution in [1.29, 1.82) is 0 Å². The van der Waals surface area contributed by atoms with Gasteiger partial charge in [-0.3, -0.25) is 14.4 Å². The van der Waals surface area contributed by atoms with E-state index in [0.717, 1.165) is 11.1 Å². The Bertz CT molecular complexity index is 785. The first-order valence-corrected chi connectivity index (χ1v) is 7.66. The van der Waals surface area contributed by atoms with Crippen molar-refractivity contribution in [3.8, 4) is 5.75 Å². The zero-order chi connectivity index (χ0) is 17.2. The number of carbonyl (C=O) groups is 3. The molecular formula is C19H20O4. The summed E-state index contributed by atoms with van der Waals surface area (Å²) in [6.07, 6.45) is 3.30. The quantitative estimate of drug-likeness (QED) is 0.748. The zero-order valence-electron chi connectivity index (χ0n) is 14.0. The van der Waals surface area contributed by atoms with Crippen LogP contribution in [0.15, 0.2) is 24.3 Å². The summed E-state index contributed by atoms with van der Waals surface area (Å²) in [7, 11) is 1.58. The van der Waals surface area contributed by atoms with Crippen LogP contribution in [0.2, 0.25) is 0 Å². The summed E-state index contributed by atoms with van der Waals surface area (Å²) in [5, 5.41) is 0. The van der Waals surface area contributed by atoms with E-state index in [0.29, 0.717) is 11.3 Å². The first-order valence-electron chi connectivity index (χ1n) is 7.66. The molecule has 0 aliphatic heterocycles. The lowest BCUT2D eigenvalue weighted by Gasteiger charge is -2.48. The average molecular weight is 312 g/mol. The molecule has 0 spiro atoms. The molecule has 0 saturated carbocycles. The molecular weight excluding hydrogens is 292 g/mol. The van der Waals surface area contributed by atoms with E-state index in [1.807, 2.05) is 19.9 Å². The van der Waals surface area contributed by atoms with Crippen LogP contribution in [0.25, 0.3) is 0 Å². The number of hydrogen-bond acceptors (Lipinski definition) is 4. The third-order valence-corrected chi connectivity index (χ3v) is 5.38. The molecule has 0 N–H and O–H groups in total. The van der Waals surface area contributed by atoms with Crippen LogP contribution in [0.5, 0.6) is 5.75 Å². The fourth-order valence-corrected chi connectivity index (χ4v) is 4.10. The Balaban J connectivity index is 2.37. The zero-order valence-corrected chi connectivity index (χ0v) is 14.0. The topological polar surface area (TPSA) is 60.4 Å². The van der Waals surface area contributed by atoms with E-state index in [2.05, 4.69) is 0 Å². The largest absolute Gasteiger partial charge is 0.496 e. The molecule has 0 fully saturated rings. The van der Waals surface area contributed by atoms with Gasteiger partial charge in [0.1, 0.15) is 5.75 Å². The predicted octanol–water partition coefficient (Wildman–Crippen LogP) is 2.81. The van der Waals surface area contributed by atoms with Gasteiger partial charge in [-0.15, -0.1) is 0 Å². The summed E-state index contributed by atoms with van der Waals surface area (Å²) >= 11 is 0. The summed E-state index contributed by atoms with van der Waals surface area (Å²) in [6.45, 7) is 7.24. The van der Waals surface area contributed by atoms with Gasteiger partial charge in [0.15, 0.2) is 5.78 Å². The van der Waals surface area contributed by atoms with Crippen molar-refractivity contribution in [3.63, 3.8) is 0 Å². The second kappa shape index (κ2) is 4.63. The number of fused-ring (bicyclic) bond motifs is 3. The lowest BCUT2D eigenvalue weighted by atomic mass is 9.51. The molecule has 0 bridgehead atoms. The summed E-state index contributed by atoms with van der Waals surface area (Å²) < 4.78 is 5.38. The van der Waals surface area contributed by atoms with Crippen LogP contribution in [0.1, 0.15) is 42.3 Å². The molecule has 2 aliphatic carbocycles. The maximum absolute atomic E-state index is 12.8. The number of methoxy groups -OCH3 is 1. The standard InChI is InChI=1S/C19H20O4/c1-10-8-11-12(9-13(10)23-5)19(4)7-6-14(20)18(2,3)17(19)16(22)15(11)21/h6-9,17H,1-5H3. The highest BCUT2D eigenvalue weighted by atomic mass is 16.5. The van der Waals surface area contributed by atoms with Crippen molar-refractivity contribution in [3.05, 3.63) is 41.0 Å². The first kappa shape index (κ1) is 15.7. The third-order valence-electron chi connectivity index (χ3n) is 5.38. The molecule has 23 heavy (non-hydrogen) atoms. The second-order valence-corrected chi connectivity index (χ2v) is 7.20. The van der Waals surface area contributed by atoms with Gasteiger partial charge in [-0.1, -0.05) is 26.8 Å². The molecule has 2 unspecified atom stereocenters. The van der Waals surface area contributed by atoms with E-state index in [9.17, 15) is 14.4 Å². The van der Waals surface area contributed by atoms with Crippen molar-refractivity contribution in [1.82, 2.24) is 0 Å². The molecule has 4 nitrogen and oxygen atoms in total. The van der Waals surface area contributed by atoms with E-state index in [1.54, 1.807) is 33.1 Å². The summed E-state index contributed by atoms with van der Waals surface area (Å²) in [4.78, 5) is 37.7. The van der Waals surface area contributed by atoms with Gasteiger partial charge in [-0.05, 0) is 36.3 Å². The number of aryl methyl sites for hydroxylation is 1. The third kappa shape index (κ3) is 1.87. The van der Waals surface area contributed by atoms with Gasteiger partial charge in [0.05, 0.1) is 13.0 Å². The van der Waals surface area contributed by atoms with Gasteiger partial charge in [-0.25, -0.2) is 0 Å². The molecule has 3 rings (SSSR count). The van der Waals surface area contributed by atoms with Crippen LogP contribution in [0.4, 0.5) is 0 Å². The van der Waals surface area contributed by atoms with Crippen molar-refractivity contribution in [2.75, 3.05) is 7.11 Å². The number of hydrogen-bond donors (Lipinski definition) is 0. The minimum Gasteiger partial charge on any atom is -0.496 e. The molecule has 2 aliphatic rings. The molecule has 0 radical (unpaired) electrons. The second-order valence-electron chi connectivity index (χ2n) is 7.20.